The zero-order valence-electron chi connectivity index (χ0n) is 11.2. The Bertz CT molecular complexity index is 360. The lowest BCUT2D eigenvalue weighted by Gasteiger charge is -2.25. The van der Waals surface area contributed by atoms with Crippen LogP contribution < -0.4 is 0 Å². The van der Waals surface area contributed by atoms with E-state index < -0.39 is 11.6 Å². The first-order valence-corrected chi connectivity index (χ1v) is 6.48. The zero-order chi connectivity index (χ0) is 13.5. The SMILES string of the molecule is CC(C)(C)OC(=O)N1C[C@@H]2CC[C@H](C(=O)O)[C@H]2C1. The van der Waals surface area contributed by atoms with E-state index in [9.17, 15) is 9.59 Å². The van der Waals surface area contributed by atoms with Crippen LogP contribution in [0, 0.1) is 17.8 Å². The summed E-state index contributed by atoms with van der Waals surface area (Å²) in [6.45, 7) is 6.67. The second-order valence-electron chi connectivity index (χ2n) is 6.33. The van der Waals surface area contributed by atoms with Gasteiger partial charge in [0.15, 0.2) is 0 Å². The van der Waals surface area contributed by atoms with Gasteiger partial charge in [0, 0.05) is 13.1 Å². The van der Waals surface area contributed by atoms with Crippen LogP contribution in [0.4, 0.5) is 4.79 Å². The van der Waals surface area contributed by atoms with Gasteiger partial charge in [-0.1, -0.05) is 0 Å². The number of carbonyl (C=O) groups is 2. The molecule has 0 aromatic heterocycles. The minimum Gasteiger partial charge on any atom is -0.481 e. The molecule has 0 unspecified atom stereocenters. The molecule has 1 aliphatic heterocycles. The van der Waals surface area contributed by atoms with Gasteiger partial charge >= 0.3 is 12.1 Å². The van der Waals surface area contributed by atoms with Crippen molar-refractivity contribution in [2.45, 2.75) is 39.2 Å². The molecular formula is C13H21NO4. The average Bonchev–Trinajstić information content (AvgIpc) is 2.70. The molecule has 0 spiro atoms. The number of carbonyl (C=O) groups excluding carboxylic acids is 1. The van der Waals surface area contributed by atoms with E-state index in [1.54, 1.807) is 4.90 Å². The number of nitrogens with zero attached hydrogens (tertiary/aromatic N) is 1. The second-order valence-corrected chi connectivity index (χ2v) is 6.33. The Kier molecular flexibility index (Phi) is 3.25. The van der Waals surface area contributed by atoms with Crippen LogP contribution in [0.3, 0.4) is 0 Å². The van der Waals surface area contributed by atoms with Crippen LogP contribution in [-0.4, -0.2) is 40.8 Å². The lowest BCUT2D eigenvalue weighted by Crippen LogP contribution is -2.36. The van der Waals surface area contributed by atoms with E-state index in [-0.39, 0.29) is 17.9 Å². The minimum atomic E-state index is -0.728. The van der Waals surface area contributed by atoms with Crippen molar-refractivity contribution < 1.29 is 19.4 Å². The predicted octanol–water partition coefficient (Wildman–Crippen LogP) is 1.96. The number of amides is 1. The van der Waals surface area contributed by atoms with Gasteiger partial charge in [0.2, 0.25) is 0 Å². The molecule has 0 aromatic carbocycles. The molecule has 2 aliphatic rings. The Balaban J connectivity index is 1.97. The van der Waals surface area contributed by atoms with E-state index >= 15 is 0 Å². The Labute approximate surface area is 107 Å². The molecular weight excluding hydrogens is 234 g/mol. The van der Waals surface area contributed by atoms with Crippen molar-refractivity contribution in [2.24, 2.45) is 17.8 Å². The van der Waals surface area contributed by atoms with Gasteiger partial charge in [0.1, 0.15) is 5.60 Å². The minimum absolute atomic E-state index is 0.106. The molecule has 1 saturated carbocycles. The average molecular weight is 255 g/mol. The number of carboxylic acids is 1. The van der Waals surface area contributed by atoms with Gasteiger partial charge in [-0.15, -0.1) is 0 Å². The van der Waals surface area contributed by atoms with E-state index in [1.165, 1.54) is 0 Å². The molecule has 3 atom stereocenters. The number of rotatable bonds is 1. The predicted molar refractivity (Wildman–Crippen MR) is 65.1 cm³/mol. The summed E-state index contributed by atoms with van der Waals surface area (Å²) in [6.07, 6.45) is 1.33. The highest BCUT2D eigenvalue weighted by Crippen LogP contribution is 2.42. The summed E-state index contributed by atoms with van der Waals surface area (Å²) in [4.78, 5) is 24.7. The molecule has 2 fully saturated rings. The summed E-state index contributed by atoms with van der Waals surface area (Å²) in [5.41, 5.74) is -0.499. The van der Waals surface area contributed by atoms with Gasteiger partial charge in [-0.2, -0.15) is 0 Å². The molecule has 2 rings (SSSR count). The number of carboxylic acid groups (broad SMARTS) is 1. The molecule has 1 N–H and O–H groups in total. The monoisotopic (exact) mass is 255 g/mol. The molecule has 0 bridgehead atoms. The summed E-state index contributed by atoms with van der Waals surface area (Å²) in [5, 5.41) is 9.14. The van der Waals surface area contributed by atoms with Crippen LogP contribution >= 0.6 is 0 Å². The summed E-state index contributed by atoms with van der Waals surface area (Å²) < 4.78 is 5.32. The van der Waals surface area contributed by atoms with E-state index in [1.807, 2.05) is 20.8 Å². The van der Waals surface area contributed by atoms with Crippen molar-refractivity contribution in [3.8, 4) is 0 Å². The Morgan fingerprint density at radius 3 is 2.44 bits per heavy atom. The van der Waals surface area contributed by atoms with E-state index in [4.69, 9.17) is 9.84 Å². The quantitative estimate of drug-likeness (QED) is 0.777. The third kappa shape index (κ3) is 2.60. The molecule has 1 saturated heterocycles. The number of likely N-dealkylation sites (tertiary alicyclic amines) is 1. The van der Waals surface area contributed by atoms with Crippen molar-refractivity contribution in [2.75, 3.05) is 13.1 Å². The largest absolute Gasteiger partial charge is 0.481 e. The maximum atomic E-state index is 11.9. The molecule has 1 heterocycles. The maximum absolute atomic E-state index is 11.9. The molecule has 1 amide bonds. The first-order chi connectivity index (χ1) is 8.28. The number of aliphatic carboxylic acids is 1. The summed E-state index contributed by atoms with van der Waals surface area (Å²) in [5.74, 6) is -0.579. The molecule has 0 radical (unpaired) electrons. The molecule has 1 aliphatic carbocycles. The van der Waals surface area contributed by atoms with Crippen LogP contribution in [0.5, 0.6) is 0 Å². The number of hydrogen-bond acceptors (Lipinski definition) is 3. The first-order valence-electron chi connectivity index (χ1n) is 6.48. The van der Waals surface area contributed by atoms with Crippen LogP contribution in [0.15, 0.2) is 0 Å². The normalized spacial score (nSPS) is 31.3. The van der Waals surface area contributed by atoms with Crippen LogP contribution in [0.1, 0.15) is 33.6 Å². The highest BCUT2D eigenvalue weighted by Gasteiger charge is 2.47. The molecule has 102 valence electrons. The summed E-state index contributed by atoms with van der Waals surface area (Å²) >= 11 is 0. The van der Waals surface area contributed by atoms with Gasteiger partial charge in [0.25, 0.3) is 0 Å². The van der Waals surface area contributed by atoms with Gasteiger partial charge in [-0.05, 0) is 45.4 Å². The van der Waals surface area contributed by atoms with Crippen LogP contribution in [0.25, 0.3) is 0 Å². The van der Waals surface area contributed by atoms with Crippen molar-refractivity contribution in [1.82, 2.24) is 4.90 Å². The number of hydrogen-bond donors (Lipinski definition) is 1. The molecule has 5 nitrogen and oxygen atoms in total. The smallest absolute Gasteiger partial charge is 0.410 e. The van der Waals surface area contributed by atoms with E-state index in [0.29, 0.717) is 19.0 Å². The lowest BCUT2D eigenvalue weighted by molar-refractivity contribution is -0.143. The van der Waals surface area contributed by atoms with Gasteiger partial charge < -0.3 is 14.7 Å². The molecule has 18 heavy (non-hydrogen) atoms. The van der Waals surface area contributed by atoms with E-state index in [2.05, 4.69) is 0 Å². The number of fused-ring (bicyclic) bond motifs is 1. The van der Waals surface area contributed by atoms with Gasteiger partial charge in [-0.3, -0.25) is 4.79 Å². The standard InChI is InChI=1S/C13H21NO4/c1-13(2,3)18-12(17)14-6-8-4-5-9(11(15)16)10(8)7-14/h8-10H,4-7H2,1-3H3,(H,15,16)/t8-,9-,10-/m0/s1. The first kappa shape index (κ1) is 13.2. The van der Waals surface area contributed by atoms with Gasteiger partial charge in [-0.25, -0.2) is 4.79 Å². The number of ether oxygens (including phenoxy) is 1. The summed E-state index contributed by atoms with van der Waals surface area (Å²) in [6, 6.07) is 0. The van der Waals surface area contributed by atoms with Crippen LogP contribution in [0.2, 0.25) is 0 Å². The van der Waals surface area contributed by atoms with Crippen molar-refractivity contribution in [3.05, 3.63) is 0 Å². The maximum Gasteiger partial charge on any atom is 0.410 e. The third-order valence-electron chi connectivity index (χ3n) is 3.83. The zero-order valence-corrected chi connectivity index (χ0v) is 11.2. The fourth-order valence-corrected chi connectivity index (χ4v) is 3.05. The lowest BCUT2D eigenvalue weighted by atomic mass is 9.93. The van der Waals surface area contributed by atoms with Gasteiger partial charge in [0.05, 0.1) is 5.92 Å². The molecule has 0 aromatic rings. The second kappa shape index (κ2) is 4.44. The Morgan fingerprint density at radius 2 is 1.89 bits per heavy atom. The fourth-order valence-electron chi connectivity index (χ4n) is 3.05. The Hall–Kier alpha value is -1.26. The topological polar surface area (TPSA) is 66.8 Å². The highest BCUT2D eigenvalue weighted by molar-refractivity contribution is 5.72. The Morgan fingerprint density at radius 1 is 1.22 bits per heavy atom. The van der Waals surface area contributed by atoms with E-state index in [0.717, 1.165) is 12.8 Å². The third-order valence-corrected chi connectivity index (χ3v) is 3.83. The highest BCUT2D eigenvalue weighted by atomic mass is 16.6. The van der Waals surface area contributed by atoms with Crippen molar-refractivity contribution in [3.63, 3.8) is 0 Å². The van der Waals surface area contributed by atoms with Crippen molar-refractivity contribution in [1.29, 1.82) is 0 Å². The van der Waals surface area contributed by atoms with Crippen LogP contribution in [-0.2, 0) is 9.53 Å². The fraction of sp³-hybridized carbons (Fsp3) is 0.846. The summed E-state index contributed by atoms with van der Waals surface area (Å²) in [7, 11) is 0. The molecule has 5 heteroatoms. The van der Waals surface area contributed by atoms with Crippen molar-refractivity contribution >= 4 is 12.1 Å².